The lowest BCUT2D eigenvalue weighted by molar-refractivity contribution is 0.294. The highest BCUT2D eigenvalue weighted by molar-refractivity contribution is 5.68. The number of ether oxygens (including phenoxy) is 1. The van der Waals surface area contributed by atoms with Crippen molar-refractivity contribution in [2.45, 2.75) is 46.3 Å². The lowest BCUT2D eigenvalue weighted by Gasteiger charge is -2.22. The number of hydrogen-bond acceptors (Lipinski definition) is 4. The van der Waals surface area contributed by atoms with Crippen LogP contribution in [0.15, 0.2) is 36.5 Å². The van der Waals surface area contributed by atoms with E-state index in [0.717, 1.165) is 34.8 Å². The van der Waals surface area contributed by atoms with E-state index in [0.29, 0.717) is 11.4 Å². The number of fused-ring (bicyclic) bond motifs is 1. The predicted molar refractivity (Wildman–Crippen MR) is 120 cm³/mol. The van der Waals surface area contributed by atoms with Crippen molar-refractivity contribution in [1.29, 1.82) is 0 Å². The zero-order valence-electron chi connectivity index (χ0n) is 18.9. The van der Waals surface area contributed by atoms with Crippen molar-refractivity contribution in [3.63, 3.8) is 0 Å². The lowest BCUT2D eigenvalue weighted by Crippen LogP contribution is -2.38. The van der Waals surface area contributed by atoms with Gasteiger partial charge in [0.05, 0.1) is 28.3 Å². The fourth-order valence-electron chi connectivity index (χ4n) is 3.72. The Morgan fingerprint density at radius 1 is 1.16 bits per heavy atom. The predicted octanol–water partition coefficient (Wildman–Crippen LogP) is 4.74. The molecular formula is C24H27F2N5O. The number of nitrogens with zero attached hydrogens (tertiary/aromatic N) is 3. The van der Waals surface area contributed by atoms with Crippen LogP contribution in [-0.2, 0) is 13.0 Å². The first-order chi connectivity index (χ1) is 15.2. The molecule has 2 N–H and O–H groups in total. The van der Waals surface area contributed by atoms with Crippen molar-refractivity contribution in [3.8, 4) is 17.1 Å². The Balaban J connectivity index is 1.70. The average Bonchev–Trinajstić information content (AvgIpc) is 3.30. The number of H-pyrrole nitrogens is 1. The maximum absolute atomic E-state index is 14.0. The second-order valence-electron chi connectivity index (χ2n) is 8.69. The van der Waals surface area contributed by atoms with Gasteiger partial charge in [0.2, 0.25) is 0 Å². The van der Waals surface area contributed by atoms with E-state index < -0.39 is 11.6 Å². The molecule has 0 spiro atoms. The number of imidazole rings is 1. The molecule has 1 aromatic carbocycles. The van der Waals surface area contributed by atoms with E-state index in [9.17, 15) is 8.78 Å². The van der Waals surface area contributed by atoms with E-state index in [1.54, 1.807) is 0 Å². The molecule has 3 heterocycles. The number of aryl methyl sites for hydroxylation is 2. The van der Waals surface area contributed by atoms with Gasteiger partial charge in [-0.15, -0.1) is 0 Å². The molecule has 3 aromatic heterocycles. The van der Waals surface area contributed by atoms with Crippen LogP contribution in [0, 0.1) is 25.5 Å². The number of rotatable bonds is 7. The number of benzene rings is 1. The molecule has 0 amide bonds. The number of aromatic amines is 1. The number of hydrogen-bond donors (Lipinski definition) is 2. The molecule has 0 radical (unpaired) electrons. The molecule has 168 valence electrons. The summed E-state index contributed by atoms with van der Waals surface area (Å²) in [6.07, 6.45) is 2.72. The van der Waals surface area contributed by atoms with Crippen LogP contribution in [0.5, 0.6) is 5.75 Å². The summed E-state index contributed by atoms with van der Waals surface area (Å²) in [4.78, 5) is 4.68. The highest BCUT2D eigenvalue weighted by Gasteiger charge is 2.21. The van der Waals surface area contributed by atoms with Gasteiger partial charge in [0.25, 0.3) is 0 Å². The maximum Gasteiger partial charge on any atom is 0.180 e. The van der Waals surface area contributed by atoms with Crippen LogP contribution in [-0.4, -0.2) is 32.2 Å². The van der Waals surface area contributed by atoms with E-state index >= 15 is 0 Å². The van der Waals surface area contributed by atoms with E-state index in [2.05, 4.69) is 34.3 Å². The van der Waals surface area contributed by atoms with Gasteiger partial charge < -0.3 is 10.1 Å². The van der Waals surface area contributed by atoms with Crippen molar-refractivity contribution in [2.75, 3.05) is 7.05 Å². The molecule has 4 rings (SSSR count). The second kappa shape index (κ2) is 8.35. The van der Waals surface area contributed by atoms with E-state index in [-0.39, 0.29) is 17.7 Å². The van der Waals surface area contributed by atoms with Crippen LogP contribution in [0.2, 0.25) is 0 Å². The van der Waals surface area contributed by atoms with Crippen LogP contribution in [0.4, 0.5) is 8.78 Å². The molecule has 4 aromatic rings. The summed E-state index contributed by atoms with van der Waals surface area (Å²) < 4.78 is 35.8. The van der Waals surface area contributed by atoms with E-state index in [1.807, 2.05) is 43.6 Å². The van der Waals surface area contributed by atoms with Crippen LogP contribution in [0.25, 0.3) is 17.0 Å². The summed E-state index contributed by atoms with van der Waals surface area (Å²) in [5.41, 5.74) is 4.75. The summed E-state index contributed by atoms with van der Waals surface area (Å²) in [7, 11) is 1.93. The summed E-state index contributed by atoms with van der Waals surface area (Å²) in [5, 5.41) is 10.9. The van der Waals surface area contributed by atoms with Crippen molar-refractivity contribution in [2.24, 2.45) is 0 Å². The number of halogens is 2. The number of aromatic nitrogens is 4. The first-order valence-corrected chi connectivity index (χ1v) is 10.5. The van der Waals surface area contributed by atoms with Gasteiger partial charge in [-0.1, -0.05) is 6.07 Å². The highest BCUT2D eigenvalue weighted by atomic mass is 19.1. The molecule has 8 heteroatoms. The third kappa shape index (κ3) is 4.23. The average molecular weight is 440 g/mol. The van der Waals surface area contributed by atoms with Gasteiger partial charge in [0, 0.05) is 18.2 Å². The van der Waals surface area contributed by atoms with Crippen molar-refractivity contribution in [3.05, 3.63) is 70.7 Å². The molecule has 0 bridgehead atoms. The smallest absolute Gasteiger partial charge is 0.180 e. The first kappa shape index (κ1) is 22.0. The van der Waals surface area contributed by atoms with Gasteiger partial charge in [-0.05, 0) is 64.6 Å². The first-order valence-electron chi connectivity index (χ1n) is 10.5. The summed E-state index contributed by atoms with van der Waals surface area (Å²) in [6.45, 7) is 7.85. The minimum atomic E-state index is -0.636. The molecule has 0 saturated heterocycles. The van der Waals surface area contributed by atoms with Gasteiger partial charge >= 0.3 is 0 Å². The van der Waals surface area contributed by atoms with E-state index in [1.165, 1.54) is 18.2 Å². The molecular weight excluding hydrogens is 412 g/mol. The van der Waals surface area contributed by atoms with Crippen LogP contribution in [0.3, 0.4) is 0 Å². The normalized spacial score (nSPS) is 12.0. The third-order valence-electron chi connectivity index (χ3n) is 5.62. The summed E-state index contributed by atoms with van der Waals surface area (Å²) in [5.74, 6) is -0.815. The largest absolute Gasteiger partial charge is 0.485 e. The Morgan fingerprint density at radius 3 is 2.56 bits per heavy atom. The molecule has 0 aliphatic carbocycles. The summed E-state index contributed by atoms with van der Waals surface area (Å²) in [6, 6.07) is 7.61. The lowest BCUT2D eigenvalue weighted by atomic mass is 9.99. The van der Waals surface area contributed by atoms with Crippen molar-refractivity contribution in [1.82, 2.24) is 24.9 Å². The van der Waals surface area contributed by atoms with Gasteiger partial charge in [-0.3, -0.25) is 9.50 Å². The number of likely N-dealkylation sites (N-methyl/N-ethyl adjacent to an activating group) is 1. The van der Waals surface area contributed by atoms with Crippen molar-refractivity contribution < 1.29 is 13.5 Å². The Bertz CT molecular complexity index is 1250. The minimum absolute atomic E-state index is 0.0828. The minimum Gasteiger partial charge on any atom is -0.485 e. The maximum atomic E-state index is 14.0. The van der Waals surface area contributed by atoms with Gasteiger partial charge in [-0.2, -0.15) is 5.10 Å². The van der Waals surface area contributed by atoms with Crippen molar-refractivity contribution >= 4 is 5.65 Å². The van der Waals surface area contributed by atoms with Gasteiger partial charge in [-0.25, -0.2) is 13.8 Å². The van der Waals surface area contributed by atoms with Gasteiger partial charge in [0.1, 0.15) is 18.2 Å². The van der Waals surface area contributed by atoms with Crippen LogP contribution in [0.1, 0.15) is 36.4 Å². The molecule has 0 atom stereocenters. The van der Waals surface area contributed by atoms with Crippen LogP contribution >= 0.6 is 0 Å². The Morgan fingerprint density at radius 2 is 1.88 bits per heavy atom. The molecule has 0 saturated carbocycles. The molecule has 6 nitrogen and oxygen atoms in total. The molecule has 0 fully saturated rings. The number of pyridine rings is 1. The fraction of sp³-hybridized carbons (Fsp3) is 0.333. The van der Waals surface area contributed by atoms with E-state index in [4.69, 9.17) is 4.74 Å². The zero-order valence-corrected chi connectivity index (χ0v) is 18.9. The fourth-order valence-corrected chi connectivity index (χ4v) is 3.72. The number of nitrogens with one attached hydrogen (secondary N) is 2. The third-order valence-corrected chi connectivity index (χ3v) is 5.62. The monoisotopic (exact) mass is 439 g/mol. The van der Waals surface area contributed by atoms with Crippen LogP contribution < -0.4 is 10.1 Å². The highest BCUT2D eigenvalue weighted by Crippen LogP contribution is 2.30. The second-order valence-corrected chi connectivity index (χ2v) is 8.69. The Kier molecular flexibility index (Phi) is 5.73. The Hall–Kier alpha value is -3.26. The molecule has 0 aliphatic heterocycles. The summed E-state index contributed by atoms with van der Waals surface area (Å²) >= 11 is 0. The standard InChI is InChI=1S/C24H27F2N5O/c1-14-9-21(32-13-17-18(25)7-6-8-19(17)26)23-28-15(2)22(31(23)12-14)20-10-16(29-30-20)11-24(3,4)27-5/h6-10,12,27H,11,13H2,1-5H3,(H,29,30). The van der Waals surface area contributed by atoms with Gasteiger partial charge in [0.15, 0.2) is 11.4 Å². The topological polar surface area (TPSA) is 67.2 Å². The molecule has 0 aliphatic rings. The zero-order chi connectivity index (χ0) is 23.0. The molecule has 0 unspecified atom stereocenters. The Labute approximate surface area is 185 Å². The SMILES string of the molecule is CNC(C)(C)Cc1cc(-c2c(C)nc3c(OCc4c(F)cccc4F)cc(C)cn23)[nH]n1. The molecule has 32 heavy (non-hydrogen) atoms. The quantitative estimate of drug-likeness (QED) is 0.437.